The zero-order valence-electron chi connectivity index (χ0n) is 14.3. The largest absolute Gasteiger partial charge is 0.213 e. The van der Waals surface area contributed by atoms with Gasteiger partial charge in [-0.3, -0.25) is 0 Å². The van der Waals surface area contributed by atoms with Gasteiger partial charge >= 0.3 is 0 Å². The van der Waals surface area contributed by atoms with Crippen LogP contribution in [0, 0.1) is 12.7 Å². The Bertz CT molecular complexity index is 1070. The Hall–Kier alpha value is -3.00. The van der Waals surface area contributed by atoms with E-state index >= 15 is 0 Å². The van der Waals surface area contributed by atoms with Crippen molar-refractivity contribution in [3.63, 3.8) is 0 Å². The second-order valence-electron chi connectivity index (χ2n) is 6.34. The molecule has 1 nitrogen and oxygen atoms in total. The first-order valence-corrected chi connectivity index (χ1v) is 8.39. The molecule has 0 atom stereocenters. The second-order valence-corrected chi connectivity index (χ2v) is 6.34. The van der Waals surface area contributed by atoms with Crippen LogP contribution < -0.4 is 4.57 Å². The van der Waals surface area contributed by atoms with Crippen molar-refractivity contribution in [3.8, 4) is 22.4 Å². The second kappa shape index (κ2) is 6.14. The average molecular weight is 328 g/mol. The van der Waals surface area contributed by atoms with E-state index in [0.717, 1.165) is 27.7 Å². The molecular weight excluding hydrogens is 309 g/mol. The van der Waals surface area contributed by atoms with Gasteiger partial charge in [0.2, 0.25) is 11.2 Å². The molecule has 1 heterocycles. The monoisotopic (exact) mass is 328 g/mol. The topological polar surface area (TPSA) is 3.88 Å². The number of aryl methyl sites for hydroxylation is 2. The van der Waals surface area contributed by atoms with Crippen molar-refractivity contribution in [1.29, 1.82) is 0 Å². The van der Waals surface area contributed by atoms with Gasteiger partial charge in [0.1, 0.15) is 12.9 Å². The van der Waals surface area contributed by atoms with E-state index in [4.69, 9.17) is 0 Å². The highest BCUT2D eigenvalue weighted by atomic mass is 19.1. The summed E-state index contributed by atoms with van der Waals surface area (Å²) in [6, 6.07) is 25.7. The molecule has 0 aliphatic carbocycles. The summed E-state index contributed by atoms with van der Waals surface area (Å²) in [7, 11) is 2.10. The summed E-state index contributed by atoms with van der Waals surface area (Å²) in [4.78, 5) is 0. The molecule has 4 aromatic rings. The quantitative estimate of drug-likeness (QED) is 0.431. The maximum absolute atomic E-state index is 13.4. The fourth-order valence-electron chi connectivity index (χ4n) is 3.42. The summed E-state index contributed by atoms with van der Waals surface area (Å²) in [6.45, 7) is 2.13. The van der Waals surface area contributed by atoms with Crippen LogP contribution in [-0.4, -0.2) is 0 Å². The van der Waals surface area contributed by atoms with Crippen molar-refractivity contribution < 1.29 is 8.96 Å². The summed E-state index contributed by atoms with van der Waals surface area (Å²) in [5, 5.41) is 1.16. The number of hydrogen-bond acceptors (Lipinski definition) is 0. The smallest absolute Gasteiger partial charge is 0.207 e. The third-order valence-electron chi connectivity index (χ3n) is 4.77. The molecule has 4 rings (SSSR count). The summed E-state index contributed by atoms with van der Waals surface area (Å²) in [6.07, 6.45) is 0. The third kappa shape index (κ3) is 2.70. The molecular formula is C23H19FN+. The van der Waals surface area contributed by atoms with Crippen LogP contribution >= 0.6 is 0 Å². The highest BCUT2D eigenvalue weighted by molar-refractivity contribution is 5.94. The Morgan fingerprint density at radius 3 is 2.20 bits per heavy atom. The van der Waals surface area contributed by atoms with Crippen molar-refractivity contribution in [2.24, 2.45) is 7.05 Å². The molecule has 0 saturated heterocycles. The number of rotatable bonds is 2. The molecule has 0 spiro atoms. The van der Waals surface area contributed by atoms with E-state index in [0.29, 0.717) is 0 Å². The highest BCUT2D eigenvalue weighted by Crippen LogP contribution is 2.31. The summed E-state index contributed by atoms with van der Waals surface area (Å²) >= 11 is 0. The molecule has 0 N–H and O–H groups in total. The first kappa shape index (κ1) is 15.5. The first-order valence-electron chi connectivity index (χ1n) is 8.39. The van der Waals surface area contributed by atoms with Gasteiger partial charge in [-0.15, -0.1) is 0 Å². The van der Waals surface area contributed by atoms with Gasteiger partial charge in [0.25, 0.3) is 0 Å². The van der Waals surface area contributed by atoms with E-state index in [1.807, 2.05) is 18.2 Å². The normalized spacial score (nSPS) is 11.0. The predicted octanol–water partition coefficient (Wildman–Crippen LogP) is 5.45. The van der Waals surface area contributed by atoms with Gasteiger partial charge in [-0.05, 0) is 42.3 Å². The van der Waals surface area contributed by atoms with Gasteiger partial charge in [-0.1, -0.05) is 42.5 Å². The molecule has 0 saturated carbocycles. The lowest BCUT2D eigenvalue weighted by molar-refractivity contribution is -0.633. The minimum atomic E-state index is -0.214. The number of aromatic nitrogens is 1. The van der Waals surface area contributed by atoms with Crippen molar-refractivity contribution in [2.45, 2.75) is 6.92 Å². The van der Waals surface area contributed by atoms with Crippen LogP contribution in [0.3, 0.4) is 0 Å². The summed E-state index contributed by atoms with van der Waals surface area (Å²) in [5.41, 5.74) is 6.89. The van der Waals surface area contributed by atoms with Crippen molar-refractivity contribution in [2.75, 3.05) is 0 Å². The number of para-hydroxylation sites is 1. The molecule has 0 radical (unpaired) electrons. The van der Waals surface area contributed by atoms with Gasteiger partial charge in [-0.25, -0.2) is 4.39 Å². The minimum Gasteiger partial charge on any atom is -0.207 e. The van der Waals surface area contributed by atoms with Gasteiger partial charge in [-0.2, -0.15) is 4.57 Å². The number of fused-ring (bicyclic) bond motifs is 1. The Morgan fingerprint density at radius 1 is 0.760 bits per heavy atom. The molecule has 0 fully saturated rings. The minimum absolute atomic E-state index is 0.214. The van der Waals surface area contributed by atoms with Gasteiger partial charge in [0, 0.05) is 23.3 Å². The van der Waals surface area contributed by atoms with Crippen LogP contribution in [0.4, 0.5) is 4.39 Å². The van der Waals surface area contributed by atoms with Crippen LogP contribution in [0.15, 0.2) is 78.9 Å². The SMILES string of the molecule is Cc1ccccc1-c1cc(-c2ccc(F)cc2)c2ccccc2[n+]1C. The fraction of sp³-hybridized carbons (Fsp3) is 0.0870. The molecule has 2 heteroatoms. The van der Waals surface area contributed by atoms with E-state index in [9.17, 15) is 4.39 Å². The molecule has 0 unspecified atom stereocenters. The van der Waals surface area contributed by atoms with Gasteiger partial charge in [0.15, 0.2) is 0 Å². The molecule has 122 valence electrons. The number of nitrogens with zero attached hydrogens (tertiary/aromatic N) is 1. The molecule has 0 bridgehead atoms. The Balaban J connectivity index is 2.07. The number of halogens is 1. The van der Waals surface area contributed by atoms with Crippen LogP contribution in [0.2, 0.25) is 0 Å². The van der Waals surface area contributed by atoms with E-state index in [1.165, 1.54) is 23.3 Å². The number of hydrogen-bond donors (Lipinski definition) is 0. The standard InChI is InChI=1S/C23H19FN/c1-16-7-3-4-8-19(16)23-15-21(17-11-13-18(24)14-12-17)20-9-5-6-10-22(20)25(23)2/h3-15H,1-2H3/q+1. The molecule has 25 heavy (non-hydrogen) atoms. The maximum atomic E-state index is 13.4. The molecule has 3 aromatic carbocycles. The lowest BCUT2D eigenvalue weighted by Gasteiger charge is -2.11. The highest BCUT2D eigenvalue weighted by Gasteiger charge is 2.19. The Labute approximate surface area is 147 Å². The lowest BCUT2D eigenvalue weighted by atomic mass is 9.96. The summed E-state index contributed by atoms with van der Waals surface area (Å²) in [5.74, 6) is -0.214. The average Bonchev–Trinajstić information content (AvgIpc) is 2.64. The molecule has 0 aliphatic heterocycles. The van der Waals surface area contributed by atoms with Crippen LogP contribution in [0.5, 0.6) is 0 Å². The first-order chi connectivity index (χ1) is 12.1. The lowest BCUT2D eigenvalue weighted by Crippen LogP contribution is -2.32. The van der Waals surface area contributed by atoms with Crippen molar-refractivity contribution in [3.05, 3.63) is 90.2 Å². The van der Waals surface area contributed by atoms with Gasteiger partial charge < -0.3 is 0 Å². The van der Waals surface area contributed by atoms with E-state index in [1.54, 1.807) is 0 Å². The van der Waals surface area contributed by atoms with E-state index < -0.39 is 0 Å². The number of pyridine rings is 1. The van der Waals surface area contributed by atoms with Crippen molar-refractivity contribution in [1.82, 2.24) is 0 Å². The summed E-state index contributed by atoms with van der Waals surface area (Å²) < 4.78 is 15.6. The number of benzene rings is 3. The van der Waals surface area contributed by atoms with Crippen LogP contribution in [0.1, 0.15) is 5.56 Å². The Morgan fingerprint density at radius 2 is 1.44 bits per heavy atom. The zero-order chi connectivity index (χ0) is 17.4. The van der Waals surface area contributed by atoms with E-state index in [2.05, 4.69) is 67.1 Å². The zero-order valence-corrected chi connectivity index (χ0v) is 14.3. The van der Waals surface area contributed by atoms with Crippen LogP contribution in [-0.2, 0) is 7.05 Å². The molecule has 0 aliphatic rings. The van der Waals surface area contributed by atoms with Gasteiger partial charge in [0.05, 0.1) is 5.39 Å². The van der Waals surface area contributed by atoms with Crippen LogP contribution in [0.25, 0.3) is 33.3 Å². The Kier molecular flexibility index (Phi) is 3.81. The van der Waals surface area contributed by atoms with E-state index in [-0.39, 0.29) is 5.82 Å². The predicted molar refractivity (Wildman–Crippen MR) is 101 cm³/mol. The van der Waals surface area contributed by atoms with Crippen molar-refractivity contribution >= 4 is 10.9 Å². The third-order valence-corrected chi connectivity index (χ3v) is 4.77. The fourth-order valence-corrected chi connectivity index (χ4v) is 3.42. The molecule has 0 amide bonds. The maximum Gasteiger partial charge on any atom is 0.213 e. The molecule has 1 aromatic heterocycles.